The molecule has 0 N–H and O–H groups in total. The van der Waals surface area contributed by atoms with Gasteiger partial charge in [-0.2, -0.15) is 26.3 Å². The minimum atomic E-state index is -5.68. The van der Waals surface area contributed by atoms with Gasteiger partial charge >= 0.3 is 12.4 Å². The average Bonchev–Trinajstić information content (AvgIpc) is 2.23. The number of carbonyl (C=O) groups is 1. The molecule has 0 saturated carbocycles. The molecule has 0 saturated heterocycles. The lowest BCUT2D eigenvalue weighted by Gasteiger charge is -2.24. The van der Waals surface area contributed by atoms with E-state index in [0.717, 1.165) is 12.1 Å². The topological polar surface area (TPSA) is 26.3 Å². The molecule has 0 aliphatic carbocycles. The number of carbonyl (C=O) groups excluding carboxylic acids is 1. The van der Waals surface area contributed by atoms with Crippen LogP contribution in [0.15, 0.2) is 18.2 Å². The molecule has 1 aromatic carbocycles. The van der Waals surface area contributed by atoms with Gasteiger partial charge in [-0.05, 0) is 12.1 Å². The van der Waals surface area contributed by atoms with E-state index in [9.17, 15) is 31.1 Å². The maximum absolute atomic E-state index is 12.3. The Morgan fingerprint density at radius 2 is 1.63 bits per heavy atom. The zero-order valence-electron chi connectivity index (χ0n) is 8.85. The molecule has 0 heterocycles. The highest BCUT2D eigenvalue weighted by Gasteiger charge is 2.59. The van der Waals surface area contributed by atoms with Crippen molar-refractivity contribution >= 4 is 17.9 Å². The van der Waals surface area contributed by atoms with Crippen molar-refractivity contribution < 1.29 is 35.9 Å². The Bertz CT molecular complexity index is 454. The number of rotatable bonds is 3. The molecule has 1 rings (SSSR count). The first-order valence-electron chi connectivity index (χ1n) is 4.61. The van der Waals surface area contributed by atoms with Gasteiger partial charge in [0.25, 0.3) is 6.10 Å². The van der Waals surface area contributed by atoms with Gasteiger partial charge in [0.2, 0.25) is 0 Å². The van der Waals surface area contributed by atoms with Crippen LogP contribution in [0.2, 0.25) is 5.02 Å². The maximum Gasteiger partial charge on any atom is 0.434 e. The minimum absolute atomic E-state index is 0.0466. The Kier molecular flexibility index (Phi) is 4.34. The highest BCUT2D eigenvalue weighted by atomic mass is 35.5. The van der Waals surface area contributed by atoms with Gasteiger partial charge < -0.3 is 4.74 Å². The van der Waals surface area contributed by atoms with Crippen molar-refractivity contribution in [3.8, 4) is 5.75 Å². The van der Waals surface area contributed by atoms with Crippen LogP contribution in [0.5, 0.6) is 5.75 Å². The van der Waals surface area contributed by atoms with Gasteiger partial charge in [-0.3, -0.25) is 4.79 Å². The fourth-order valence-electron chi connectivity index (χ4n) is 1.18. The van der Waals surface area contributed by atoms with Crippen molar-refractivity contribution in [2.24, 2.45) is 0 Å². The third-order valence-electron chi connectivity index (χ3n) is 1.95. The Hall–Kier alpha value is -1.44. The van der Waals surface area contributed by atoms with Crippen molar-refractivity contribution in [2.75, 3.05) is 0 Å². The molecule has 0 radical (unpaired) electrons. The summed E-state index contributed by atoms with van der Waals surface area (Å²) in [6, 6.07) is 3.18. The lowest BCUT2D eigenvalue weighted by molar-refractivity contribution is -0.299. The third-order valence-corrected chi connectivity index (χ3v) is 2.25. The number of para-hydroxylation sites is 1. The molecule has 19 heavy (non-hydrogen) atoms. The van der Waals surface area contributed by atoms with Crippen molar-refractivity contribution in [2.45, 2.75) is 18.5 Å². The number of hydrogen-bond acceptors (Lipinski definition) is 2. The van der Waals surface area contributed by atoms with E-state index in [1.54, 1.807) is 0 Å². The zero-order valence-corrected chi connectivity index (χ0v) is 9.60. The average molecular weight is 307 g/mol. The van der Waals surface area contributed by atoms with E-state index in [4.69, 9.17) is 11.6 Å². The monoisotopic (exact) mass is 306 g/mol. The van der Waals surface area contributed by atoms with Gasteiger partial charge in [-0.15, -0.1) is 0 Å². The van der Waals surface area contributed by atoms with E-state index >= 15 is 0 Å². The molecule has 106 valence electrons. The summed E-state index contributed by atoms with van der Waals surface area (Å²) in [5.74, 6) is -0.959. The largest absolute Gasteiger partial charge is 0.469 e. The van der Waals surface area contributed by atoms with Crippen molar-refractivity contribution in [3.05, 3.63) is 28.8 Å². The van der Waals surface area contributed by atoms with Crippen LogP contribution in [0, 0.1) is 0 Å². The van der Waals surface area contributed by atoms with Crippen LogP contribution in [0.25, 0.3) is 0 Å². The molecule has 0 amide bonds. The first-order valence-corrected chi connectivity index (χ1v) is 4.99. The highest BCUT2D eigenvalue weighted by molar-refractivity contribution is 6.32. The van der Waals surface area contributed by atoms with Gasteiger partial charge in [0.05, 0.1) is 10.6 Å². The summed E-state index contributed by atoms with van der Waals surface area (Å²) >= 11 is 5.43. The van der Waals surface area contributed by atoms with Gasteiger partial charge in [-0.25, -0.2) is 0 Å². The molecule has 0 spiro atoms. The molecule has 0 aromatic heterocycles. The number of aldehydes is 1. The minimum Gasteiger partial charge on any atom is -0.469 e. The van der Waals surface area contributed by atoms with Crippen LogP contribution >= 0.6 is 11.6 Å². The van der Waals surface area contributed by atoms with Gasteiger partial charge in [0, 0.05) is 0 Å². The molecule has 1 aromatic rings. The number of halogens is 7. The van der Waals surface area contributed by atoms with Gasteiger partial charge in [0.1, 0.15) is 5.75 Å². The molecular weight excluding hydrogens is 302 g/mol. The first kappa shape index (κ1) is 15.6. The van der Waals surface area contributed by atoms with E-state index < -0.39 is 34.8 Å². The third kappa shape index (κ3) is 3.76. The second-order valence-electron chi connectivity index (χ2n) is 3.36. The van der Waals surface area contributed by atoms with Crippen molar-refractivity contribution in [1.29, 1.82) is 0 Å². The number of alkyl halides is 6. The van der Waals surface area contributed by atoms with E-state index in [1.165, 1.54) is 6.07 Å². The van der Waals surface area contributed by atoms with Crippen LogP contribution in [-0.2, 0) is 0 Å². The summed E-state index contributed by atoms with van der Waals surface area (Å²) < 4.78 is 77.6. The quantitative estimate of drug-likeness (QED) is 0.622. The number of benzene rings is 1. The second-order valence-corrected chi connectivity index (χ2v) is 3.76. The molecule has 0 bridgehead atoms. The van der Waals surface area contributed by atoms with Crippen molar-refractivity contribution in [3.63, 3.8) is 0 Å². The molecule has 0 aliphatic heterocycles. The summed E-state index contributed by atoms with van der Waals surface area (Å²) in [6.07, 6.45) is -15.4. The standard InChI is InChI=1S/C10H5ClF6O2/c11-6-3-1-2-5(4-18)7(6)19-8(9(12,13)14)10(15,16)17/h1-4,8H. The predicted molar refractivity (Wildman–Crippen MR) is 53.4 cm³/mol. The summed E-state index contributed by atoms with van der Waals surface area (Å²) in [7, 11) is 0. The number of ether oxygens (including phenoxy) is 1. The Morgan fingerprint density at radius 1 is 1.11 bits per heavy atom. The van der Waals surface area contributed by atoms with Crippen LogP contribution < -0.4 is 4.74 Å². The molecular formula is C10H5ClF6O2. The maximum atomic E-state index is 12.3. The van der Waals surface area contributed by atoms with Crippen molar-refractivity contribution in [1.82, 2.24) is 0 Å². The van der Waals surface area contributed by atoms with Gasteiger partial charge in [0.15, 0.2) is 6.29 Å². The highest BCUT2D eigenvalue weighted by Crippen LogP contribution is 2.39. The Morgan fingerprint density at radius 3 is 2.05 bits per heavy atom. The van der Waals surface area contributed by atoms with E-state index in [0.29, 0.717) is 0 Å². The van der Waals surface area contributed by atoms with E-state index in [-0.39, 0.29) is 6.29 Å². The Labute approximate surface area is 107 Å². The van der Waals surface area contributed by atoms with Crippen LogP contribution in [-0.4, -0.2) is 24.7 Å². The molecule has 2 nitrogen and oxygen atoms in total. The normalized spacial score (nSPS) is 12.6. The number of hydrogen-bond donors (Lipinski definition) is 0. The SMILES string of the molecule is O=Cc1cccc(Cl)c1OC(C(F)(F)F)C(F)(F)F. The first-order chi connectivity index (χ1) is 8.57. The summed E-state index contributed by atoms with van der Waals surface area (Å²) in [5.41, 5.74) is -0.508. The van der Waals surface area contributed by atoms with Crippen LogP contribution in [0.1, 0.15) is 10.4 Å². The molecule has 0 unspecified atom stereocenters. The lowest BCUT2D eigenvalue weighted by atomic mass is 10.2. The van der Waals surface area contributed by atoms with E-state index in [2.05, 4.69) is 4.74 Å². The molecule has 0 fully saturated rings. The fourth-order valence-corrected chi connectivity index (χ4v) is 1.41. The molecule has 0 aliphatic rings. The molecule has 0 atom stereocenters. The predicted octanol–water partition coefficient (Wildman–Crippen LogP) is 4.02. The summed E-state index contributed by atoms with van der Waals surface area (Å²) in [4.78, 5) is 10.6. The molecule has 9 heteroatoms. The lowest BCUT2D eigenvalue weighted by Crippen LogP contribution is -2.46. The fraction of sp³-hybridized carbons (Fsp3) is 0.300. The zero-order chi connectivity index (χ0) is 14.8. The van der Waals surface area contributed by atoms with E-state index in [1.807, 2.05) is 0 Å². The Balaban J connectivity index is 3.22. The summed E-state index contributed by atoms with van der Waals surface area (Å²) in [5, 5.41) is -0.525. The van der Waals surface area contributed by atoms with Crippen LogP contribution in [0.4, 0.5) is 26.3 Å². The smallest absolute Gasteiger partial charge is 0.434 e. The van der Waals surface area contributed by atoms with Gasteiger partial charge in [-0.1, -0.05) is 17.7 Å². The van der Waals surface area contributed by atoms with Crippen LogP contribution in [0.3, 0.4) is 0 Å². The second kappa shape index (κ2) is 5.28. The summed E-state index contributed by atoms with van der Waals surface area (Å²) in [6.45, 7) is 0.